The Hall–Kier alpha value is -2.72. The first-order valence-corrected chi connectivity index (χ1v) is 7.73. The quantitative estimate of drug-likeness (QED) is 0.521. The highest BCUT2D eigenvalue weighted by molar-refractivity contribution is 7.89. The van der Waals surface area contributed by atoms with Crippen LogP contribution in [0.4, 0.5) is 11.8 Å². The number of imidazole rings is 1. The fraction of sp³-hybridized carbons (Fsp3) is 0.0833. The third kappa shape index (κ3) is 2.34. The number of fused-ring (bicyclic) bond motifs is 1. The first-order chi connectivity index (χ1) is 10.3. The highest BCUT2D eigenvalue weighted by Gasteiger charge is 2.16. The van der Waals surface area contributed by atoms with Crippen molar-refractivity contribution in [2.24, 2.45) is 5.14 Å². The minimum atomic E-state index is -3.82. The van der Waals surface area contributed by atoms with Crippen molar-refractivity contribution in [3.63, 3.8) is 0 Å². The number of primary sulfonamides is 1. The van der Waals surface area contributed by atoms with Crippen LogP contribution in [0.3, 0.4) is 0 Å². The molecule has 0 aliphatic heterocycles. The number of anilines is 2. The molecule has 0 amide bonds. The Morgan fingerprint density at radius 1 is 1.14 bits per heavy atom. The van der Waals surface area contributed by atoms with Gasteiger partial charge in [-0.25, -0.2) is 18.5 Å². The first-order valence-electron chi connectivity index (χ1n) is 6.18. The van der Waals surface area contributed by atoms with E-state index in [0.29, 0.717) is 28.1 Å². The summed E-state index contributed by atoms with van der Waals surface area (Å²) < 4.78 is 23.2. The standard InChI is InChI=1S/C12H13N7O2S/c1-5-2-3-6(4-7(5)22(15,20)21)10-16-8-9(13)17-12(14)19-11(8)18-10/h2-4H,1H3,(H2,15,20,21)(H5,13,14,16,17,18,19). The van der Waals surface area contributed by atoms with E-state index >= 15 is 0 Å². The second-order valence-electron chi connectivity index (χ2n) is 4.78. The van der Waals surface area contributed by atoms with E-state index < -0.39 is 10.0 Å². The van der Waals surface area contributed by atoms with Crippen molar-refractivity contribution in [1.29, 1.82) is 0 Å². The summed E-state index contributed by atoms with van der Waals surface area (Å²) in [5, 5.41) is 5.21. The minimum Gasteiger partial charge on any atom is -0.382 e. The predicted octanol–water partition coefficient (Wildman–Crippen LogP) is 0.140. The van der Waals surface area contributed by atoms with Crippen molar-refractivity contribution in [3.8, 4) is 11.4 Å². The summed E-state index contributed by atoms with van der Waals surface area (Å²) in [4.78, 5) is 15.0. The maximum atomic E-state index is 11.6. The Balaban J connectivity index is 2.22. The molecule has 2 aromatic heterocycles. The second-order valence-corrected chi connectivity index (χ2v) is 6.31. The highest BCUT2D eigenvalue weighted by Crippen LogP contribution is 2.25. The van der Waals surface area contributed by atoms with Crippen molar-refractivity contribution >= 4 is 33.0 Å². The van der Waals surface area contributed by atoms with Gasteiger partial charge in [0.15, 0.2) is 11.5 Å². The molecule has 0 unspecified atom stereocenters. The molecule has 0 radical (unpaired) electrons. The lowest BCUT2D eigenvalue weighted by Crippen LogP contribution is -2.13. The molecule has 10 heteroatoms. The van der Waals surface area contributed by atoms with Gasteiger partial charge in [-0.3, -0.25) is 0 Å². The van der Waals surface area contributed by atoms with Gasteiger partial charge in [0.05, 0.1) is 4.90 Å². The Morgan fingerprint density at radius 2 is 1.86 bits per heavy atom. The van der Waals surface area contributed by atoms with Crippen LogP contribution < -0.4 is 16.6 Å². The fourth-order valence-corrected chi connectivity index (χ4v) is 2.94. The van der Waals surface area contributed by atoms with Crippen LogP contribution >= 0.6 is 0 Å². The van der Waals surface area contributed by atoms with Crippen LogP contribution in [-0.2, 0) is 10.0 Å². The number of hydrogen-bond donors (Lipinski definition) is 4. The molecule has 0 atom stereocenters. The molecule has 0 fully saturated rings. The molecule has 3 aromatic rings. The number of nitrogens with two attached hydrogens (primary N) is 3. The molecule has 7 N–H and O–H groups in total. The zero-order chi connectivity index (χ0) is 16.1. The average Bonchev–Trinajstić information content (AvgIpc) is 2.82. The van der Waals surface area contributed by atoms with E-state index in [2.05, 4.69) is 19.9 Å². The SMILES string of the molecule is Cc1ccc(-c2nc3nc(N)nc(N)c3[nH]2)cc1S(N)(=O)=O. The first kappa shape index (κ1) is 14.2. The number of rotatable bonds is 2. The normalized spacial score (nSPS) is 11.9. The van der Waals surface area contributed by atoms with E-state index in [1.165, 1.54) is 6.07 Å². The lowest BCUT2D eigenvalue weighted by molar-refractivity contribution is 0.597. The van der Waals surface area contributed by atoms with Crippen LogP contribution in [0.1, 0.15) is 5.56 Å². The summed E-state index contributed by atoms with van der Waals surface area (Å²) in [6, 6.07) is 4.80. The second kappa shape index (κ2) is 4.64. The molecule has 1 aromatic carbocycles. The minimum absolute atomic E-state index is 0.0113. The van der Waals surface area contributed by atoms with Gasteiger partial charge in [0.25, 0.3) is 0 Å². The van der Waals surface area contributed by atoms with Crippen molar-refractivity contribution < 1.29 is 8.42 Å². The number of sulfonamides is 1. The van der Waals surface area contributed by atoms with Gasteiger partial charge in [-0.2, -0.15) is 9.97 Å². The molecule has 0 spiro atoms. The molecule has 0 saturated heterocycles. The van der Waals surface area contributed by atoms with E-state index in [1.807, 2.05) is 0 Å². The Labute approximate surface area is 125 Å². The predicted molar refractivity (Wildman–Crippen MR) is 82.1 cm³/mol. The largest absolute Gasteiger partial charge is 0.382 e. The number of aromatic amines is 1. The molecule has 0 bridgehead atoms. The number of aromatic nitrogens is 4. The van der Waals surface area contributed by atoms with E-state index in [9.17, 15) is 8.42 Å². The average molecular weight is 319 g/mol. The van der Waals surface area contributed by atoms with Gasteiger partial charge in [-0.1, -0.05) is 12.1 Å². The van der Waals surface area contributed by atoms with E-state index in [0.717, 1.165) is 0 Å². The monoisotopic (exact) mass is 319 g/mol. The number of benzene rings is 1. The van der Waals surface area contributed by atoms with Crippen LogP contribution in [0.15, 0.2) is 23.1 Å². The Kier molecular flexibility index (Phi) is 3.00. The van der Waals surface area contributed by atoms with Gasteiger partial charge < -0.3 is 16.5 Å². The molecule has 114 valence electrons. The van der Waals surface area contributed by atoms with E-state index in [-0.39, 0.29) is 16.7 Å². The zero-order valence-electron chi connectivity index (χ0n) is 11.5. The van der Waals surface area contributed by atoms with Gasteiger partial charge in [-0.15, -0.1) is 0 Å². The van der Waals surface area contributed by atoms with Crippen molar-refractivity contribution in [3.05, 3.63) is 23.8 Å². The third-order valence-corrected chi connectivity index (χ3v) is 4.22. The van der Waals surface area contributed by atoms with Crippen LogP contribution in [0.2, 0.25) is 0 Å². The molecule has 3 rings (SSSR count). The maximum absolute atomic E-state index is 11.6. The number of nitrogens with zero attached hydrogens (tertiary/aromatic N) is 3. The maximum Gasteiger partial charge on any atom is 0.238 e. The van der Waals surface area contributed by atoms with Gasteiger partial charge in [0.2, 0.25) is 16.0 Å². The van der Waals surface area contributed by atoms with Crippen molar-refractivity contribution in [1.82, 2.24) is 19.9 Å². The van der Waals surface area contributed by atoms with Crippen LogP contribution in [0.25, 0.3) is 22.6 Å². The summed E-state index contributed by atoms with van der Waals surface area (Å²) in [5.74, 6) is 0.573. The number of aryl methyl sites for hydroxylation is 1. The van der Waals surface area contributed by atoms with Crippen LogP contribution in [-0.4, -0.2) is 28.4 Å². The summed E-state index contributed by atoms with van der Waals surface area (Å²) in [6.07, 6.45) is 0. The summed E-state index contributed by atoms with van der Waals surface area (Å²) in [7, 11) is -3.82. The Morgan fingerprint density at radius 3 is 2.55 bits per heavy atom. The van der Waals surface area contributed by atoms with Gasteiger partial charge >= 0.3 is 0 Å². The van der Waals surface area contributed by atoms with Gasteiger partial charge in [0.1, 0.15) is 11.3 Å². The third-order valence-electron chi connectivity index (χ3n) is 3.16. The smallest absolute Gasteiger partial charge is 0.238 e. The fourth-order valence-electron chi connectivity index (χ4n) is 2.13. The molecular weight excluding hydrogens is 306 g/mol. The number of nitrogen functional groups attached to an aromatic ring is 2. The van der Waals surface area contributed by atoms with Gasteiger partial charge in [0, 0.05) is 5.56 Å². The van der Waals surface area contributed by atoms with Crippen LogP contribution in [0.5, 0.6) is 0 Å². The Bertz CT molecular complexity index is 994. The molecule has 0 aliphatic carbocycles. The lowest BCUT2D eigenvalue weighted by atomic mass is 10.1. The van der Waals surface area contributed by atoms with Crippen LogP contribution in [0, 0.1) is 6.92 Å². The van der Waals surface area contributed by atoms with Gasteiger partial charge in [-0.05, 0) is 18.6 Å². The highest BCUT2D eigenvalue weighted by atomic mass is 32.2. The summed E-state index contributed by atoms with van der Waals surface area (Å²) in [5.41, 5.74) is 13.1. The van der Waals surface area contributed by atoms with Crippen molar-refractivity contribution in [2.75, 3.05) is 11.5 Å². The van der Waals surface area contributed by atoms with E-state index in [4.69, 9.17) is 16.6 Å². The molecule has 22 heavy (non-hydrogen) atoms. The summed E-state index contributed by atoms with van der Waals surface area (Å²) >= 11 is 0. The number of H-pyrrole nitrogens is 1. The number of nitrogens with one attached hydrogen (secondary N) is 1. The molecular formula is C12H13N7O2S. The van der Waals surface area contributed by atoms with Crippen molar-refractivity contribution in [2.45, 2.75) is 11.8 Å². The molecule has 9 nitrogen and oxygen atoms in total. The number of hydrogen-bond acceptors (Lipinski definition) is 7. The molecule has 0 saturated carbocycles. The molecule has 0 aliphatic rings. The van der Waals surface area contributed by atoms with E-state index in [1.54, 1.807) is 19.1 Å². The molecule has 2 heterocycles. The topological polar surface area (TPSA) is 167 Å². The zero-order valence-corrected chi connectivity index (χ0v) is 12.3. The lowest BCUT2D eigenvalue weighted by Gasteiger charge is -2.05. The summed E-state index contributed by atoms with van der Waals surface area (Å²) in [6.45, 7) is 1.66.